The van der Waals surface area contributed by atoms with Crippen molar-refractivity contribution in [2.75, 3.05) is 32.7 Å². The predicted octanol–water partition coefficient (Wildman–Crippen LogP) is 1.63. The highest BCUT2D eigenvalue weighted by atomic mass is 15.3. The molecule has 0 amide bonds. The molecule has 0 spiro atoms. The Hall–Kier alpha value is -0.0800. The lowest BCUT2D eigenvalue weighted by molar-refractivity contribution is 0.108. The molecule has 0 aromatic heterocycles. The molecule has 0 aliphatic carbocycles. The van der Waals surface area contributed by atoms with Gasteiger partial charge in [0.1, 0.15) is 0 Å². The monoisotopic (exact) mass is 183 g/mol. The van der Waals surface area contributed by atoms with Crippen LogP contribution in [0.3, 0.4) is 0 Å². The molecule has 0 aromatic rings. The number of hydrogen-bond acceptors (Lipinski definition) is 2. The summed E-state index contributed by atoms with van der Waals surface area (Å²) in [5.41, 5.74) is 0. The number of nitrogens with zero attached hydrogens (tertiary/aromatic N) is 2. The Morgan fingerprint density at radius 1 is 1.15 bits per heavy atom. The van der Waals surface area contributed by atoms with E-state index in [0.717, 1.165) is 12.5 Å². The van der Waals surface area contributed by atoms with E-state index in [-0.39, 0.29) is 0 Å². The van der Waals surface area contributed by atoms with Crippen molar-refractivity contribution in [3.8, 4) is 0 Å². The van der Waals surface area contributed by atoms with Gasteiger partial charge in [-0.1, -0.05) is 13.3 Å². The Bertz CT molecular complexity index is 126. The van der Waals surface area contributed by atoms with Gasteiger partial charge in [0.05, 0.1) is 0 Å². The normalized spacial score (nSPS) is 21.2. The van der Waals surface area contributed by atoms with Crippen LogP contribution in [0.25, 0.3) is 0 Å². The molecule has 2 heteroatoms. The maximum atomic E-state index is 3.88. The summed E-state index contributed by atoms with van der Waals surface area (Å²) in [7, 11) is 0. The SMILES string of the molecule is [CH2]CCCN1CCN(C(C)C)CC1. The van der Waals surface area contributed by atoms with Crippen LogP contribution < -0.4 is 0 Å². The average Bonchev–Trinajstić information content (AvgIpc) is 2.15. The van der Waals surface area contributed by atoms with Crippen LogP contribution in [0, 0.1) is 6.92 Å². The molecule has 0 saturated carbocycles. The third-order valence-corrected chi connectivity index (χ3v) is 2.86. The van der Waals surface area contributed by atoms with Gasteiger partial charge < -0.3 is 4.90 Å². The molecule has 1 radical (unpaired) electrons. The van der Waals surface area contributed by atoms with Gasteiger partial charge in [-0.15, -0.1) is 0 Å². The Morgan fingerprint density at radius 2 is 1.77 bits per heavy atom. The number of hydrogen-bond donors (Lipinski definition) is 0. The van der Waals surface area contributed by atoms with E-state index in [1.54, 1.807) is 0 Å². The Morgan fingerprint density at radius 3 is 2.23 bits per heavy atom. The van der Waals surface area contributed by atoms with Gasteiger partial charge in [0.15, 0.2) is 0 Å². The van der Waals surface area contributed by atoms with Crippen LogP contribution in [0.4, 0.5) is 0 Å². The van der Waals surface area contributed by atoms with Gasteiger partial charge in [-0.2, -0.15) is 0 Å². The number of piperazine rings is 1. The second kappa shape index (κ2) is 5.61. The highest BCUT2D eigenvalue weighted by Crippen LogP contribution is 2.06. The van der Waals surface area contributed by atoms with Gasteiger partial charge in [-0.25, -0.2) is 0 Å². The lowest BCUT2D eigenvalue weighted by atomic mass is 10.2. The van der Waals surface area contributed by atoms with Crippen LogP contribution >= 0.6 is 0 Å². The third kappa shape index (κ3) is 3.65. The van der Waals surface area contributed by atoms with E-state index >= 15 is 0 Å². The maximum Gasteiger partial charge on any atom is 0.0113 e. The molecular formula is C11H23N2. The number of unbranched alkanes of at least 4 members (excludes halogenated alkanes) is 1. The Balaban J connectivity index is 2.15. The fourth-order valence-corrected chi connectivity index (χ4v) is 1.84. The molecule has 1 saturated heterocycles. The highest BCUT2D eigenvalue weighted by Gasteiger charge is 2.17. The fraction of sp³-hybridized carbons (Fsp3) is 0.909. The van der Waals surface area contributed by atoms with E-state index in [9.17, 15) is 0 Å². The van der Waals surface area contributed by atoms with Crippen LogP contribution in [-0.4, -0.2) is 48.6 Å². The molecule has 1 fully saturated rings. The predicted molar refractivity (Wildman–Crippen MR) is 57.7 cm³/mol. The van der Waals surface area contributed by atoms with E-state index in [1.807, 2.05) is 0 Å². The second-order valence-corrected chi connectivity index (χ2v) is 4.18. The summed E-state index contributed by atoms with van der Waals surface area (Å²) in [5, 5.41) is 0. The first-order valence-corrected chi connectivity index (χ1v) is 5.49. The first-order valence-electron chi connectivity index (χ1n) is 5.49. The van der Waals surface area contributed by atoms with E-state index in [2.05, 4.69) is 30.6 Å². The molecule has 1 aliphatic heterocycles. The molecule has 0 bridgehead atoms. The van der Waals surface area contributed by atoms with Crippen molar-refractivity contribution >= 4 is 0 Å². The van der Waals surface area contributed by atoms with Gasteiger partial charge >= 0.3 is 0 Å². The van der Waals surface area contributed by atoms with E-state index < -0.39 is 0 Å². The van der Waals surface area contributed by atoms with Gasteiger partial charge in [-0.05, 0) is 26.8 Å². The summed E-state index contributed by atoms with van der Waals surface area (Å²) in [5.74, 6) is 0. The van der Waals surface area contributed by atoms with Gasteiger partial charge in [0, 0.05) is 32.2 Å². The van der Waals surface area contributed by atoms with Crippen molar-refractivity contribution in [2.24, 2.45) is 0 Å². The molecule has 0 atom stereocenters. The Labute approximate surface area is 82.9 Å². The molecule has 1 aliphatic rings. The third-order valence-electron chi connectivity index (χ3n) is 2.86. The summed E-state index contributed by atoms with van der Waals surface area (Å²) < 4.78 is 0. The van der Waals surface area contributed by atoms with Gasteiger partial charge in [0.25, 0.3) is 0 Å². The van der Waals surface area contributed by atoms with Crippen molar-refractivity contribution in [1.82, 2.24) is 9.80 Å². The van der Waals surface area contributed by atoms with Crippen molar-refractivity contribution < 1.29 is 0 Å². The van der Waals surface area contributed by atoms with Gasteiger partial charge in [0.2, 0.25) is 0 Å². The van der Waals surface area contributed by atoms with Crippen LogP contribution in [-0.2, 0) is 0 Å². The van der Waals surface area contributed by atoms with Crippen molar-refractivity contribution in [2.45, 2.75) is 32.7 Å². The minimum absolute atomic E-state index is 0.718. The zero-order valence-corrected chi connectivity index (χ0v) is 9.13. The quantitative estimate of drug-likeness (QED) is 0.653. The lowest BCUT2D eigenvalue weighted by Crippen LogP contribution is -2.48. The van der Waals surface area contributed by atoms with Gasteiger partial charge in [-0.3, -0.25) is 4.90 Å². The minimum atomic E-state index is 0.718. The summed E-state index contributed by atoms with van der Waals surface area (Å²) in [4.78, 5) is 5.12. The molecule has 0 N–H and O–H groups in total. The summed E-state index contributed by atoms with van der Waals surface area (Å²) >= 11 is 0. The standard InChI is InChI=1S/C11H23N2/c1-4-5-6-12-7-9-13(10-8-12)11(2)3/h11H,1,4-10H2,2-3H3. The van der Waals surface area contributed by atoms with Crippen LogP contribution in [0.15, 0.2) is 0 Å². The zero-order valence-electron chi connectivity index (χ0n) is 9.13. The van der Waals surface area contributed by atoms with Crippen LogP contribution in [0.5, 0.6) is 0 Å². The zero-order chi connectivity index (χ0) is 9.68. The van der Waals surface area contributed by atoms with Crippen LogP contribution in [0.1, 0.15) is 26.7 Å². The smallest absolute Gasteiger partial charge is 0.0113 e. The highest BCUT2D eigenvalue weighted by molar-refractivity contribution is 4.73. The molecule has 13 heavy (non-hydrogen) atoms. The first-order chi connectivity index (χ1) is 6.24. The molecular weight excluding hydrogens is 160 g/mol. The Kier molecular flexibility index (Phi) is 4.74. The molecule has 2 nitrogen and oxygen atoms in total. The molecule has 1 rings (SSSR count). The van der Waals surface area contributed by atoms with Crippen molar-refractivity contribution in [3.05, 3.63) is 6.92 Å². The van der Waals surface area contributed by atoms with Crippen LogP contribution in [0.2, 0.25) is 0 Å². The van der Waals surface area contributed by atoms with Crippen molar-refractivity contribution in [1.29, 1.82) is 0 Å². The van der Waals surface area contributed by atoms with Crippen molar-refractivity contribution in [3.63, 3.8) is 0 Å². The molecule has 0 aromatic carbocycles. The van der Waals surface area contributed by atoms with E-state index in [0.29, 0.717) is 0 Å². The second-order valence-electron chi connectivity index (χ2n) is 4.18. The molecule has 77 valence electrons. The first kappa shape index (κ1) is 11.0. The number of rotatable bonds is 4. The molecule has 1 heterocycles. The van der Waals surface area contributed by atoms with E-state index in [4.69, 9.17) is 0 Å². The van der Waals surface area contributed by atoms with E-state index in [1.165, 1.54) is 39.1 Å². The topological polar surface area (TPSA) is 6.48 Å². The summed E-state index contributed by atoms with van der Waals surface area (Å²) in [6, 6.07) is 0.718. The fourth-order valence-electron chi connectivity index (χ4n) is 1.84. The maximum absolute atomic E-state index is 3.88. The largest absolute Gasteiger partial charge is 0.301 e. The summed E-state index contributed by atoms with van der Waals surface area (Å²) in [6.45, 7) is 14.7. The summed E-state index contributed by atoms with van der Waals surface area (Å²) in [6.07, 6.45) is 2.33. The minimum Gasteiger partial charge on any atom is -0.301 e. The average molecular weight is 183 g/mol. The molecule has 0 unspecified atom stereocenters. The lowest BCUT2D eigenvalue weighted by Gasteiger charge is -2.36.